The zero-order chi connectivity index (χ0) is 14.4. The number of nitro groups is 1. The minimum atomic E-state index is -0.376. The summed E-state index contributed by atoms with van der Waals surface area (Å²) in [6.07, 6.45) is 11.1. The molecule has 0 unspecified atom stereocenters. The van der Waals surface area contributed by atoms with E-state index in [0.717, 1.165) is 36.9 Å². The van der Waals surface area contributed by atoms with Crippen molar-refractivity contribution < 1.29 is 4.92 Å². The molecular weight excluding hydrogens is 254 g/mol. The first kappa shape index (κ1) is 13.8. The number of benzene rings is 1. The second kappa shape index (κ2) is 6.53. The number of fused-ring (bicyclic) bond motifs is 1. The molecule has 2 rings (SSSR count). The van der Waals surface area contributed by atoms with Crippen LogP contribution in [0.15, 0.2) is 30.6 Å². The average Bonchev–Trinajstić information content (AvgIpc) is 2.46. The van der Waals surface area contributed by atoms with E-state index in [1.165, 1.54) is 6.07 Å². The normalized spacial score (nSPS) is 10.2. The quantitative estimate of drug-likeness (QED) is 0.378. The van der Waals surface area contributed by atoms with Gasteiger partial charge in [-0.3, -0.25) is 15.1 Å². The van der Waals surface area contributed by atoms with Gasteiger partial charge in [0.1, 0.15) is 0 Å². The molecule has 102 valence electrons. The molecule has 0 amide bonds. The minimum Gasteiger partial charge on any atom is -0.384 e. The van der Waals surface area contributed by atoms with Gasteiger partial charge >= 0.3 is 0 Å². The van der Waals surface area contributed by atoms with Crippen molar-refractivity contribution in [1.82, 2.24) is 4.98 Å². The molecule has 1 N–H and O–H groups in total. The van der Waals surface area contributed by atoms with Crippen LogP contribution < -0.4 is 5.32 Å². The van der Waals surface area contributed by atoms with E-state index in [1.807, 2.05) is 0 Å². The summed E-state index contributed by atoms with van der Waals surface area (Å²) in [6.45, 7) is 0.781. The number of hydrogen-bond acceptors (Lipinski definition) is 4. The fourth-order valence-corrected chi connectivity index (χ4v) is 2.06. The first-order chi connectivity index (χ1) is 9.74. The summed E-state index contributed by atoms with van der Waals surface area (Å²) in [6, 6.07) is 4.91. The van der Waals surface area contributed by atoms with Crippen LogP contribution in [0.1, 0.15) is 19.3 Å². The highest BCUT2D eigenvalue weighted by Crippen LogP contribution is 2.30. The number of anilines is 1. The number of nitrogens with zero attached hydrogens (tertiary/aromatic N) is 2. The van der Waals surface area contributed by atoms with Crippen molar-refractivity contribution in [3.63, 3.8) is 0 Å². The summed E-state index contributed by atoms with van der Waals surface area (Å²) >= 11 is 0. The van der Waals surface area contributed by atoms with E-state index < -0.39 is 0 Å². The predicted octanol–water partition coefficient (Wildman–Crippen LogP) is 3.36. The van der Waals surface area contributed by atoms with Gasteiger partial charge in [-0.05, 0) is 25.0 Å². The zero-order valence-electron chi connectivity index (χ0n) is 11.0. The van der Waals surface area contributed by atoms with Crippen molar-refractivity contribution >= 4 is 22.1 Å². The summed E-state index contributed by atoms with van der Waals surface area (Å²) in [5.74, 6) is 2.60. The molecule has 0 fully saturated rings. The summed E-state index contributed by atoms with van der Waals surface area (Å²) < 4.78 is 0. The van der Waals surface area contributed by atoms with Gasteiger partial charge in [-0.25, -0.2) is 0 Å². The van der Waals surface area contributed by atoms with Crippen molar-refractivity contribution in [2.75, 3.05) is 11.9 Å². The number of non-ortho nitro benzene ring substituents is 1. The Bertz CT molecular complexity index is 662. The Labute approximate surface area is 117 Å². The molecule has 0 saturated heterocycles. The first-order valence-electron chi connectivity index (χ1n) is 6.42. The number of pyridine rings is 1. The molecule has 0 atom stereocenters. The van der Waals surface area contributed by atoms with Gasteiger partial charge in [-0.15, -0.1) is 12.3 Å². The molecule has 0 aliphatic rings. The maximum absolute atomic E-state index is 11.0. The molecule has 0 aliphatic heterocycles. The molecule has 1 aromatic carbocycles. The third kappa shape index (κ3) is 3.04. The smallest absolute Gasteiger partial charge is 0.277 e. The van der Waals surface area contributed by atoms with Crippen LogP contribution >= 0.6 is 0 Å². The number of hydrogen-bond donors (Lipinski definition) is 1. The van der Waals surface area contributed by atoms with Gasteiger partial charge in [0.15, 0.2) is 0 Å². The summed E-state index contributed by atoms with van der Waals surface area (Å²) in [5.41, 5.74) is 0.958. The average molecular weight is 269 g/mol. The lowest BCUT2D eigenvalue weighted by atomic mass is 10.1. The van der Waals surface area contributed by atoms with Gasteiger partial charge in [0.25, 0.3) is 5.69 Å². The van der Waals surface area contributed by atoms with Crippen molar-refractivity contribution in [2.45, 2.75) is 19.3 Å². The molecule has 0 saturated carbocycles. The first-order valence-corrected chi connectivity index (χ1v) is 6.42. The van der Waals surface area contributed by atoms with E-state index >= 15 is 0 Å². The van der Waals surface area contributed by atoms with Crippen LogP contribution in [-0.2, 0) is 0 Å². The van der Waals surface area contributed by atoms with Crippen LogP contribution in [0.2, 0.25) is 0 Å². The van der Waals surface area contributed by atoms with Gasteiger partial charge in [-0.1, -0.05) is 0 Å². The monoisotopic (exact) mass is 269 g/mol. The highest BCUT2D eigenvalue weighted by Gasteiger charge is 2.13. The topological polar surface area (TPSA) is 68.1 Å². The Morgan fingerprint density at radius 1 is 1.30 bits per heavy atom. The summed E-state index contributed by atoms with van der Waals surface area (Å²) in [5, 5.41) is 15.6. The van der Waals surface area contributed by atoms with E-state index in [-0.39, 0.29) is 10.6 Å². The lowest BCUT2D eigenvalue weighted by Gasteiger charge is -2.09. The third-order valence-corrected chi connectivity index (χ3v) is 3.06. The van der Waals surface area contributed by atoms with Gasteiger partial charge in [0.05, 0.1) is 10.3 Å². The number of nitro benzene ring substituents is 1. The van der Waals surface area contributed by atoms with Crippen LogP contribution in [0.3, 0.4) is 0 Å². The van der Waals surface area contributed by atoms with E-state index in [0.29, 0.717) is 5.39 Å². The number of rotatable bonds is 6. The molecule has 5 heteroatoms. The molecule has 0 spiro atoms. The van der Waals surface area contributed by atoms with Crippen LogP contribution in [0.25, 0.3) is 10.8 Å². The Morgan fingerprint density at radius 2 is 2.15 bits per heavy atom. The minimum absolute atomic E-state index is 0.0975. The standard InChI is InChI=1S/C15H15N3O2/c1-2-3-4-5-9-17-14-6-7-15(18(19)20)12-8-10-16-11-13(12)14/h1,6-8,10-11,17H,3-5,9H2. The van der Waals surface area contributed by atoms with Crippen LogP contribution in [-0.4, -0.2) is 16.5 Å². The second-order valence-corrected chi connectivity index (χ2v) is 4.40. The second-order valence-electron chi connectivity index (χ2n) is 4.40. The molecular formula is C15H15N3O2. The van der Waals surface area contributed by atoms with E-state index in [9.17, 15) is 10.1 Å². The molecule has 2 aromatic rings. The van der Waals surface area contributed by atoms with Gasteiger partial charge in [0.2, 0.25) is 0 Å². The molecule has 0 bridgehead atoms. The molecule has 5 nitrogen and oxygen atoms in total. The molecule has 1 aromatic heterocycles. The number of terminal acetylenes is 1. The number of unbranched alkanes of at least 4 members (excludes halogenated alkanes) is 2. The lowest BCUT2D eigenvalue weighted by Crippen LogP contribution is -2.02. The molecule has 1 heterocycles. The van der Waals surface area contributed by atoms with Crippen molar-refractivity contribution in [3.8, 4) is 12.3 Å². The van der Waals surface area contributed by atoms with E-state index in [1.54, 1.807) is 24.5 Å². The molecule has 20 heavy (non-hydrogen) atoms. The number of aromatic nitrogens is 1. The Morgan fingerprint density at radius 3 is 2.90 bits per heavy atom. The van der Waals surface area contributed by atoms with Crippen LogP contribution in [0.5, 0.6) is 0 Å². The highest BCUT2D eigenvalue weighted by atomic mass is 16.6. The zero-order valence-corrected chi connectivity index (χ0v) is 11.0. The van der Waals surface area contributed by atoms with Crippen LogP contribution in [0, 0.1) is 22.5 Å². The Balaban J connectivity index is 2.21. The fourth-order valence-electron chi connectivity index (χ4n) is 2.06. The maximum atomic E-state index is 11.0. The largest absolute Gasteiger partial charge is 0.384 e. The van der Waals surface area contributed by atoms with Crippen molar-refractivity contribution in [1.29, 1.82) is 0 Å². The predicted molar refractivity (Wildman–Crippen MR) is 79.6 cm³/mol. The maximum Gasteiger partial charge on any atom is 0.277 e. The van der Waals surface area contributed by atoms with Gasteiger partial charge < -0.3 is 5.32 Å². The number of nitrogens with one attached hydrogen (secondary N) is 1. The summed E-state index contributed by atoms with van der Waals surface area (Å²) in [4.78, 5) is 14.7. The van der Waals surface area contributed by atoms with Gasteiger partial charge in [0, 0.05) is 42.5 Å². The van der Waals surface area contributed by atoms with E-state index in [4.69, 9.17) is 6.42 Å². The summed E-state index contributed by atoms with van der Waals surface area (Å²) in [7, 11) is 0. The Hall–Kier alpha value is -2.61. The SMILES string of the molecule is C#CCCCCNc1ccc([N+](=O)[O-])c2ccncc12. The van der Waals surface area contributed by atoms with E-state index in [2.05, 4.69) is 16.2 Å². The molecule has 0 radical (unpaired) electrons. The van der Waals surface area contributed by atoms with Gasteiger partial charge in [-0.2, -0.15) is 0 Å². The Kier molecular flexibility index (Phi) is 4.51. The fraction of sp³-hybridized carbons (Fsp3) is 0.267. The van der Waals surface area contributed by atoms with Crippen molar-refractivity contribution in [2.24, 2.45) is 0 Å². The highest BCUT2D eigenvalue weighted by molar-refractivity contribution is 5.99. The lowest BCUT2D eigenvalue weighted by molar-refractivity contribution is -0.383. The van der Waals surface area contributed by atoms with Crippen molar-refractivity contribution in [3.05, 3.63) is 40.7 Å². The van der Waals surface area contributed by atoms with Crippen LogP contribution in [0.4, 0.5) is 11.4 Å². The molecule has 0 aliphatic carbocycles. The third-order valence-electron chi connectivity index (χ3n) is 3.06.